The molecule has 2 unspecified atom stereocenters. The minimum Gasteiger partial charge on any atom is -1.00 e. The Morgan fingerprint density at radius 1 is 0.457 bits per heavy atom. The molecule has 0 bridgehead atoms. The molecule has 2 atom stereocenters. The third-order valence-electron chi connectivity index (χ3n) is 9.92. The van der Waals surface area contributed by atoms with E-state index >= 15 is 0 Å². The molecule has 6 aromatic carbocycles. The maximum Gasteiger partial charge on any atom is -1.00 e. The zero-order valence-corrected chi connectivity index (χ0v) is 30.6. The van der Waals surface area contributed by atoms with E-state index < -0.39 is 21.3 Å². The maximum atomic E-state index is 2.53. The summed E-state index contributed by atoms with van der Waals surface area (Å²) in [5.41, 5.74) is 14.5. The standard InChI is InChI=1S/2C20H15.C3H6.2ClH.Zr/c2*1-14-12-16-8-5-11-19(20(16)13-14)18-10-4-7-15-6-2-3-9-17(15)18;1-3-2;;;/h2*2-13H,1H3;1-2H3;2*1H;/q;;;;;+2/p-2. The van der Waals surface area contributed by atoms with Crippen molar-refractivity contribution in [1.82, 2.24) is 0 Å². The van der Waals surface area contributed by atoms with Crippen LogP contribution in [0, 0.1) is 0 Å². The molecule has 0 saturated heterocycles. The predicted octanol–water partition coefficient (Wildman–Crippen LogP) is 5.78. The zero-order chi connectivity index (χ0) is 29.9. The SMILES string of the molecule is CC1=Cc2c(-c3cccc4ccccc34)cccc2[CH]1[Zr+2](=[C](C)C)[CH]1C(C)=Cc2c(-c3cccc4ccccc34)cccc21.[Cl-].[Cl-]. The van der Waals surface area contributed by atoms with E-state index in [1.807, 2.05) is 0 Å². The fourth-order valence-electron chi connectivity index (χ4n) is 8.06. The fourth-order valence-corrected chi connectivity index (χ4v) is 17.4. The van der Waals surface area contributed by atoms with Gasteiger partial charge in [0.15, 0.2) is 0 Å². The van der Waals surface area contributed by atoms with Gasteiger partial charge < -0.3 is 24.8 Å². The van der Waals surface area contributed by atoms with E-state index in [9.17, 15) is 0 Å². The first-order chi connectivity index (χ1) is 21.5. The fraction of sp³-hybridized carbons (Fsp3) is 0.140. The van der Waals surface area contributed by atoms with Gasteiger partial charge in [0.05, 0.1) is 0 Å². The normalized spacial score (nSPS) is 16.0. The van der Waals surface area contributed by atoms with Gasteiger partial charge in [-0.3, -0.25) is 0 Å². The number of hydrogen-bond donors (Lipinski definition) is 0. The van der Waals surface area contributed by atoms with E-state index in [0.717, 1.165) is 0 Å². The first-order valence-corrected chi connectivity index (χ1v) is 19.8. The van der Waals surface area contributed by atoms with Crippen molar-refractivity contribution >= 4 is 36.9 Å². The monoisotopic (exact) mass is 712 g/mol. The van der Waals surface area contributed by atoms with Crippen LogP contribution in [0.5, 0.6) is 0 Å². The van der Waals surface area contributed by atoms with Crippen molar-refractivity contribution in [1.29, 1.82) is 0 Å². The number of fused-ring (bicyclic) bond motifs is 4. The van der Waals surface area contributed by atoms with Crippen molar-refractivity contribution < 1.29 is 46.1 Å². The summed E-state index contributed by atoms with van der Waals surface area (Å²) in [5.74, 6) is 0. The zero-order valence-electron chi connectivity index (χ0n) is 26.6. The van der Waals surface area contributed by atoms with Gasteiger partial charge in [-0.25, -0.2) is 0 Å². The molecule has 0 nitrogen and oxygen atoms in total. The summed E-state index contributed by atoms with van der Waals surface area (Å²) in [5, 5.41) is 5.27. The summed E-state index contributed by atoms with van der Waals surface area (Å²) in [6.45, 7) is 9.69. The van der Waals surface area contributed by atoms with Crippen molar-refractivity contribution in [3.05, 3.63) is 155 Å². The molecule has 8 rings (SSSR count). The molecule has 46 heavy (non-hydrogen) atoms. The second-order valence-electron chi connectivity index (χ2n) is 12.8. The van der Waals surface area contributed by atoms with Crippen LogP contribution in [0.3, 0.4) is 0 Å². The minimum absolute atomic E-state index is 0. The third kappa shape index (κ3) is 5.22. The molecule has 0 amide bonds. The topological polar surface area (TPSA) is 0 Å². The Bertz CT molecular complexity index is 2070. The van der Waals surface area contributed by atoms with Crippen LogP contribution in [0.2, 0.25) is 0 Å². The van der Waals surface area contributed by atoms with Gasteiger partial charge in [-0.05, 0) is 0 Å². The van der Waals surface area contributed by atoms with Crippen molar-refractivity contribution in [2.75, 3.05) is 0 Å². The van der Waals surface area contributed by atoms with Crippen molar-refractivity contribution in [2.24, 2.45) is 0 Å². The number of hydrogen-bond acceptors (Lipinski definition) is 0. The third-order valence-corrected chi connectivity index (χ3v) is 19.6. The van der Waals surface area contributed by atoms with Crippen molar-refractivity contribution in [3.63, 3.8) is 0 Å². The number of benzene rings is 6. The van der Waals surface area contributed by atoms with Crippen molar-refractivity contribution in [2.45, 2.75) is 34.9 Å². The Morgan fingerprint density at radius 2 is 0.826 bits per heavy atom. The summed E-state index contributed by atoms with van der Waals surface area (Å²) in [7, 11) is 0. The maximum absolute atomic E-state index is 2.53. The Kier molecular flexibility index (Phi) is 9.24. The second-order valence-corrected chi connectivity index (χ2v) is 20.3. The molecule has 0 aromatic heterocycles. The Hall–Kier alpha value is -3.35. The quantitative estimate of drug-likeness (QED) is 0.217. The molecule has 226 valence electrons. The molecule has 0 N–H and O–H groups in total. The van der Waals surface area contributed by atoms with Crippen LogP contribution in [0.25, 0.3) is 56.0 Å². The molecule has 0 heterocycles. The summed E-state index contributed by atoms with van der Waals surface area (Å²) >= 11 is -2.35. The second kappa shape index (κ2) is 13.0. The van der Waals surface area contributed by atoms with Gasteiger partial charge in [-0.1, -0.05) is 0 Å². The van der Waals surface area contributed by atoms with E-state index in [1.54, 1.807) is 25.5 Å². The van der Waals surface area contributed by atoms with Gasteiger partial charge in [0.25, 0.3) is 0 Å². The first-order valence-electron chi connectivity index (χ1n) is 15.8. The number of halogens is 2. The van der Waals surface area contributed by atoms with Crippen LogP contribution in [0.4, 0.5) is 0 Å². The van der Waals surface area contributed by atoms with Crippen LogP contribution in [-0.4, -0.2) is 3.21 Å². The molecule has 0 spiro atoms. The van der Waals surface area contributed by atoms with Gasteiger partial charge >= 0.3 is 270 Å². The molecule has 3 heteroatoms. The molecule has 0 aliphatic heterocycles. The van der Waals surface area contributed by atoms with Gasteiger partial charge in [0.1, 0.15) is 0 Å². The molecular formula is C43H36Cl2Zr. The largest absolute Gasteiger partial charge is 1.00 e. The predicted molar refractivity (Wildman–Crippen MR) is 188 cm³/mol. The summed E-state index contributed by atoms with van der Waals surface area (Å²) in [6.07, 6.45) is 5.06. The van der Waals surface area contributed by atoms with Gasteiger partial charge in [0.2, 0.25) is 0 Å². The van der Waals surface area contributed by atoms with Gasteiger partial charge in [0, 0.05) is 0 Å². The summed E-state index contributed by atoms with van der Waals surface area (Å²) in [6, 6.07) is 45.3. The average Bonchev–Trinajstić information content (AvgIpc) is 3.56. The van der Waals surface area contributed by atoms with E-state index in [2.05, 4.69) is 161 Å². The van der Waals surface area contributed by atoms with Crippen LogP contribution in [0.15, 0.2) is 132 Å². The van der Waals surface area contributed by atoms with Gasteiger partial charge in [-0.15, -0.1) is 0 Å². The Labute approximate surface area is 292 Å². The van der Waals surface area contributed by atoms with E-state index in [-0.39, 0.29) is 24.8 Å². The number of allylic oxidation sites excluding steroid dienone is 2. The Balaban J connectivity index is 0.00000186. The smallest absolute Gasteiger partial charge is 1.00 e. The van der Waals surface area contributed by atoms with Crippen LogP contribution in [0.1, 0.15) is 57.2 Å². The Morgan fingerprint density at radius 3 is 1.26 bits per heavy atom. The molecule has 6 aromatic rings. The van der Waals surface area contributed by atoms with Gasteiger partial charge in [-0.2, -0.15) is 0 Å². The average molecular weight is 715 g/mol. The molecule has 0 saturated carbocycles. The molecular weight excluding hydrogens is 679 g/mol. The van der Waals surface area contributed by atoms with Crippen LogP contribution < -0.4 is 24.8 Å². The van der Waals surface area contributed by atoms with Crippen LogP contribution >= 0.6 is 0 Å². The van der Waals surface area contributed by atoms with E-state index in [1.165, 1.54) is 54.9 Å². The molecule has 0 radical (unpaired) electrons. The first kappa shape index (κ1) is 32.6. The minimum atomic E-state index is -2.35. The summed E-state index contributed by atoms with van der Waals surface area (Å²) in [4.78, 5) is 0. The van der Waals surface area contributed by atoms with Crippen LogP contribution in [-0.2, 0) is 21.3 Å². The molecule has 2 aliphatic carbocycles. The molecule has 0 fully saturated rings. The van der Waals surface area contributed by atoms with E-state index in [0.29, 0.717) is 7.25 Å². The van der Waals surface area contributed by atoms with Crippen molar-refractivity contribution in [3.8, 4) is 22.3 Å². The molecule has 2 aliphatic rings. The summed E-state index contributed by atoms with van der Waals surface area (Å²) < 4.78 is 2.76. The number of rotatable bonds is 4. The van der Waals surface area contributed by atoms with E-state index in [4.69, 9.17) is 0 Å².